The van der Waals surface area contributed by atoms with Crippen LogP contribution in [0.25, 0.3) is 0 Å². The molecule has 1 spiro atoms. The molecule has 0 unspecified atom stereocenters. The Morgan fingerprint density at radius 1 is 1.23 bits per heavy atom. The van der Waals surface area contributed by atoms with E-state index in [0.717, 1.165) is 37.0 Å². The maximum Gasteiger partial charge on any atom is 0.219 e. The van der Waals surface area contributed by atoms with Crippen molar-refractivity contribution in [2.45, 2.75) is 57.3 Å². The number of likely N-dealkylation sites (tertiary alicyclic amines) is 1. The largest absolute Gasteiger partial charge is 0.496 e. The molecule has 6 nitrogen and oxygen atoms in total. The molecular formula is C20H28N2O4. The van der Waals surface area contributed by atoms with Crippen molar-refractivity contribution in [3.63, 3.8) is 0 Å². The number of hydrogen-bond acceptors (Lipinski definition) is 4. The fourth-order valence-electron chi connectivity index (χ4n) is 4.26. The number of ether oxygens (including phenoxy) is 2. The van der Waals surface area contributed by atoms with Gasteiger partial charge >= 0.3 is 0 Å². The van der Waals surface area contributed by atoms with E-state index in [1.807, 2.05) is 29.2 Å². The lowest BCUT2D eigenvalue weighted by atomic mass is 9.79. The highest BCUT2D eigenvalue weighted by molar-refractivity contribution is 5.73. The fourth-order valence-corrected chi connectivity index (χ4v) is 4.26. The highest BCUT2D eigenvalue weighted by atomic mass is 16.5. The van der Waals surface area contributed by atoms with Crippen molar-refractivity contribution < 1.29 is 19.1 Å². The molecule has 0 radical (unpaired) electrons. The molecule has 142 valence electrons. The van der Waals surface area contributed by atoms with E-state index in [9.17, 15) is 9.59 Å². The van der Waals surface area contributed by atoms with Crippen molar-refractivity contribution in [1.82, 2.24) is 10.2 Å². The van der Waals surface area contributed by atoms with Gasteiger partial charge in [0.2, 0.25) is 11.8 Å². The van der Waals surface area contributed by atoms with Gasteiger partial charge in [0.25, 0.3) is 0 Å². The molecular weight excluding hydrogens is 332 g/mol. The molecule has 1 aromatic carbocycles. The zero-order valence-electron chi connectivity index (χ0n) is 15.8. The lowest BCUT2D eigenvalue weighted by Gasteiger charge is -2.49. The van der Waals surface area contributed by atoms with Crippen molar-refractivity contribution in [1.29, 1.82) is 0 Å². The van der Waals surface area contributed by atoms with E-state index in [1.165, 1.54) is 0 Å². The van der Waals surface area contributed by atoms with Crippen molar-refractivity contribution in [3.05, 3.63) is 29.8 Å². The predicted molar refractivity (Wildman–Crippen MR) is 97.9 cm³/mol. The number of carbonyl (C=O) groups excluding carboxylic acids is 2. The van der Waals surface area contributed by atoms with Crippen LogP contribution >= 0.6 is 0 Å². The summed E-state index contributed by atoms with van der Waals surface area (Å²) >= 11 is 0. The van der Waals surface area contributed by atoms with E-state index >= 15 is 0 Å². The van der Waals surface area contributed by atoms with Crippen LogP contribution in [0.1, 0.15) is 51.2 Å². The van der Waals surface area contributed by atoms with E-state index < -0.39 is 0 Å². The average molecular weight is 360 g/mol. The van der Waals surface area contributed by atoms with Crippen molar-refractivity contribution >= 4 is 11.8 Å². The Labute approximate surface area is 154 Å². The lowest BCUT2D eigenvalue weighted by Crippen LogP contribution is -2.54. The zero-order valence-corrected chi connectivity index (χ0v) is 15.8. The van der Waals surface area contributed by atoms with Crippen LogP contribution in [0.2, 0.25) is 0 Å². The number of nitrogens with one attached hydrogen (secondary N) is 1. The van der Waals surface area contributed by atoms with Crippen LogP contribution < -0.4 is 10.1 Å². The van der Waals surface area contributed by atoms with Gasteiger partial charge in [0.1, 0.15) is 5.75 Å². The quantitative estimate of drug-likeness (QED) is 0.899. The summed E-state index contributed by atoms with van der Waals surface area (Å²) in [5, 5.41) is 3.08. The predicted octanol–water partition coefficient (Wildman–Crippen LogP) is 2.43. The summed E-state index contributed by atoms with van der Waals surface area (Å²) in [6.07, 6.45) is 2.94. The molecule has 2 aliphatic rings. The third-order valence-corrected chi connectivity index (χ3v) is 5.52. The summed E-state index contributed by atoms with van der Waals surface area (Å²) in [5.41, 5.74) is 0.696. The number of para-hydroxylation sites is 1. The van der Waals surface area contributed by atoms with Gasteiger partial charge in [0.15, 0.2) is 0 Å². The van der Waals surface area contributed by atoms with E-state index in [4.69, 9.17) is 9.47 Å². The first kappa shape index (κ1) is 18.7. The third kappa shape index (κ3) is 4.01. The third-order valence-electron chi connectivity index (χ3n) is 5.52. The second-order valence-corrected chi connectivity index (χ2v) is 7.37. The zero-order chi connectivity index (χ0) is 18.7. The SMILES string of the molecule is COc1ccccc1[C@H]1C[C@@H](NC(C)=O)CC2(CCN(C(C)=O)CC2)O1. The van der Waals surface area contributed by atoms with Gasteiger partial charge < -0.3 is 19.7 Å². The molecule has 6 heteroatoms. The molecule has 26 heavy (non-hydrogen) atoms. The molecule has 2 heterocycles. The molecule has 0 aromatic heterocycles. The molecule has 2 fully saturated rings. The molecule has 2 atom stereocenters. The smallest absolute Gasteiger partial charge is 0.219 e. The molecule has 0 saturated carbocycles. The minimum absolute atomic E-state index is 0.0213. The van der Waals surface area contributed by atoms with Gasteiger partial charge in [-0.1, -0.05) is 18.2 Å². The molecule has 2 saturated heterocycles. The lowest BCUT2D eigenvalue weighted by molar-refractivity contribution is -0.168. The molecule has 0 bridgehead atoms. The van der Waals surface area contributed by atoms with Gasteiger partial charge in [-0.05, 0) is 31.7 Å². The summed E-state index contributed by atoms with van der Waals surface area (Å²) in [4.78, 5) is 25.2. The van der Waals surface area contributed by atoms with Gasteiger partial charge in [-0.2, -0.15) is 0 Å². The number of benzene rings is 1. The van der Waals surface area contributed by atoms with Gasteiger partial charge in [-0.15, -0.1) is 0 Å². The van der Waals surface area contributed by atoms with Crippen LogP contribution in [0, 0.1) is 0 Å². The van der Waals surface area contributed by atoms with Gasteiger partial charge in [0.05, 0.1) is 18.8 Å². The topological polar surface area (TPSA) is 67.9 Å². The normalized spacial score (nSPS) is 25.0. The van der Waals surface area contributed by atoms with Gasteiger partial charge in [-0.3, -0.25) is 9.59 Å². The summed E-state index contributed by atoms with van der Waals surface area (Å²) in [7, 11) is 1.66. The number of amides is 2. The van der Waals surface area contributed by atoms with Crippen LogP contribution in [-0.4, -0.2) is 48.6 Å². The summed E-state index contributed by atoms with van der Waals surface area (Å²) in [5.74, 6) is 0.889. The van der Waals surface area contributed by atoms with E-state index in [0.29, 0.717) is 13.1 Å². The van der Waals surface area contributed by atoms with Gasteiger partial charge in [-0.25, -0.2) is 0 Å². The van der Waals surface area contributed by atoms with Crippen LogP contribution in [0.15, 0.2) is 24.3 Å². The average Bonchev–Trinajstić information content (AvgIpc) is 2.61. The second-order valence-electron chi connectivity index (χ2n) is 7.37. The summed E-state index contributed by atoms with van der Waals surface area (Å²) in [6.45, 7) is 4.55. The number of hydrogen-bond donors (Lipinski definition) is 1. The number of nitrogens with zero attached hydrogens (tertiary/aromatic N) is 1. The van der Waals surface area contributed by atoms with Crippen LogP contribution in [0.3, 0.4) is 0 Å². The molecule has 1 N–H and O–H groups in total. The minimum atomic E-state index is -0.317. The highest BCUT2D eigenvalue weighted by Crippen LogP contribution is 2.44. The van der Waals surface area contributed by atoms with E-state index in [2.05, 4.69) is 5.32 Å². The van der Waals surface area contributed by atoms with Crippen molar-refractivity contribution in [2.75, 3.05) is 20.2 Å². The molecule has 2 amide bonds. The van der Waals surface area contributed by atoms with Gasteiger partial charge in [0, 0.05) is 38.5 Å². The second kappa shape index (κ2) is 7.66. The van der Waals surface area contributed by atoms with Crippen molar-refractivity contribution in [3.8, 4) is 5.75 Å². The van der Waals surface area contributed by atoms with Crippen LogP contribution in [0.5, 0.6) is 5.75 Å². The Hall–Kier alpha value is -2.08. The van der Waals surface area contributed by atoms with Crippen LogP contribution in [0.4, 0.5) is 0 Å². The standard InChI is InChI=1S/C20H28N2O4/c1-14(23)21-16-12-19(17-6-4-5-7-18(17)25-3)26-20(13-16)8-10-22(11-9-20)15(2)24/h4-7,16,19H,8-13H2,1-3H3,(H,21,23)/t16-,19-/m1/s1. The fraction of sp³-hybridized carbons (Fsp3) is 0.600. The first-order valence-electron chi connectivity index (χ1n) is 9.26. The summed E-state index contributed by atoms with van der Waals surface area (Å²) in [6, 6.07) is 7.94. The molecule has 1 aromatic rings. The molecule has 2 aliphatic heterocycles. The van der Waals surface area contributed by atoms with Crippen LogP contribution in [-0.2, 0) is 14.3 Å². The Balaban J connectivity index is 1.84. The first-order valence-corrected chi connectivity index (χ1v) is 9.26. The maximum atomic E-state index is 11.7. The number of rotatable bonds is 3. The molecule has 0 aliphatic carbocycles. The van der Waals surface area contributed by atoms with Crippen molar-refractivity contribution in [2.24, 2.45) is 0 Å². The number of carbonyl (C=O) groups is 2. The Morgan fingerprint density at radius 3 is 2.54 bits per heavy atom. The Morgan fingerprint density at radius 2 is 1.92 bits per heavy atom. The first-order chi connectivity index (χ1) is 12.4. The monoisotopic (exact) mass is 360 g/mol. The maximum absolute atomic E-state index is 11.7. The van der Waals surface area contributed by atoms with E-state index in [1.54, 1.807) is 21.0 Å². The summed E-state index contributed by atoms with van der Waals surface area (Å²) < 4.78 is 12.1. The minimum Gasteiger partial charge on any atom is -0.496 e. The highest BCUT2D eigenvalue weighted by Gasteiger charge is 2.45. The Kier molecular flexibility index (Phi) is 5.51. The molecule has 3 rings (SSSR count). The van der Waals surface area contributed by atoms with E-state index in [-0.39, 0.29) is 29.6 Å². The Bertz CT molecular complexity index is 668. The number of methoxy groups -OCH3 is 1. The number of piperidine rings is 1.